The second-order valence-corrected chi connectivity index (χ2v) is 14.9. The number of fused-ring (bicyclic) bond motifs is 1. The fourth-order valence-electron chi connectivity index (χ4n) is 6.23. The molecule has 3 rings (SSSR count). The Morgan fingerprint density at radius 1 is 0.677 bits per heavy atom. The zero-order valence-electron chi connectivity index (χ0n) is 35.6. The van der Waals surface area contributed by atoms with Crippen LogP contribution < -0.4 is 60.2 Å². The van der Waals surface area contributed by atoms with Gasteiger partial charge in [0.25, 0.3) is 0 Å². The quantitative estimate of drug-likeness (QED) is 0.0194. The van der Waals surface area contributed by atoms with Crippen molar-refractivity contribution in [1.82, 2.24) is 42.2 Å². The number of carbonyl (C=O) groups is 9. The molecule has 65 heavy (non-hydrogen) atoms. The summed E-state index contributed by atoms with van der Waals surface area (Å²) < 4.78 is 0. The third kappa shape index (κ3) is 18.0. The molecule has 0 saturated carbocycles. The number of aliphatic hydroxyl groups excluding tert-OH is 1. The number of hydrogen-bond acceptors (Lipinski definition) is 12. The first-order chi connectivity index (χ1) is 30.9. The lowest BCUT2D eigenvalue weighted by Gasteiger charge is -2.23. The Balaban J connectivity index is 1.62. The molecule has 0 unspecified atom stereocenters. The van der Waals surface area contributed by atoms with Gasteiger partial charge in [-0.2, -0.15) is 0 Å². The highest BCUT2D eigenvalue weighted by molar-refractivity contribution is 5.97. The van der Waals surface area contributed by atoms with Crippen LogP contribution in [-0.4, -0.2) is 137 Å². The SMILES string of the molecule is C[C@H](NC(=O)CNC(=O)[C@H](Cc1c[nH]c2ccccc12)NC(=O)[C@H](CO)NC(=O)[C@@H](N)Cc1ccccc1)C(=O)N[C@H](CCC(N)=O)C(=O)NCC(=O)N[C@@H](CCCN=C(N)N)C(=O)O. The van der Waals surface area contributed by atoms with Crippen molar-refractivity contribution in [1.29, 1.82) is 0 Å². The van der Waals surface area contributed by atoms with E-state index in [-0.39, 0.29) is 51.0 Å². The molecule has 1 heterocycles. The average Bonchev–Trinajstić information content (AvgIpc) is 3.68. The summed E-state index contributed by atoms with van der Waals surface area (Å²) in [5, 5.41) is 36.8. The summed E-state index contributed by atoms with van der Waals surface area (Å²) in [4.78, 5) is 122. The van der Waals surface area contributed by atoms with Crippen molar-refractivity contribution in [3.05, 3.63) is 71.9 Å². The molecule has 0 aliphatic heterocycles. The van der Waals surface area contributed by atoms with Crippen LogP contribution in [0.4, 0.5) is 0 Å². The number of nitrogens with one attached hydrogen (secondary N) is 8. The van der Waals surface area contributed by atoms with Gasteiger partial charge in [-0.05, 0) is 49.8 Å². The number of nitrogens with two attached hydrogens (primary N) is 4. The van der Waals surface area contributed by atoms with Gasteiger partial charge in [0.2, 0.25) is 47.3 Å². The fourth-order valence-corrected chi connectivity index (χ4v) is 6.23. The number of carbonyl (C=O) groups excluding carboxylic acids is 8. The molecule has 352 valence electrons. The van der Waals surface area contributed by atoms with E-state index >= 15 is 0 Å². The van der Waals surface area contributed by atoms with E-state index < -0.39 is 109 Å². The number of H-pyrrole nitrogens is 1. The Morgan fingerprint density at radius 3 is 1.91 bits per heavy atom. The zero-order valence-corrected chi connectivity index (χ0v) is 35.6. The first kappa shape index (κ1) is 51.7. The number of nitrogens with zero attached hydrogens (tertiary/aromatic N) is 1. The number of para-hydroxylation sites is 1. The molecule has 2 aromatic carbocycles. The molecule has 0 aliphatic rings. The number of aromatic nitrogens is 1. The summed E-state index contributed by atoms with van der Waals surface area (Å²) in [6.45, 7) is -0.859. The summed E-state index contributed by atoms with van der Waals surface area (Å²) in [5.74, 6) is -8.40. The second kappa shape index (κ2) is 26.1. The lowest BCUT2D eigenvalue weighted by molar-refractivity contribution is -0.142. The molecule has 0 saturated heterocycles. The molecule has 3 aromatic rings. The molecule has 24 nitrogen and oxygen atoms in total. The number of carboxylic acid groups (broad SMARTS) is 1. The van der Waals surface area contributed by atoms with Crippen LogP contribution in [0.2, 0.25) is 0 Å². The molecular weight excluding hydrogens is 851 g/mol. The predicted molar refractivity (Wildman–Crippen MR) is 235 cm³/mol. The van der Waals surface area contributed by atoms with Gasteiger partial charge in [0.05, 0.1) is 25.7 Å². The van der Waals surface area contributed by atoms with Crippen LogP contribution >= 0.6 is 0 Å². The maximum absolute atomic E-state index is 13.6. The van der Waals surface area contributed by atoms with Gasteiger partial charge in [-0.3, -0.25) is 43.3 Å². The first-order valence-electron chi connectivity index (χ1n) is 20.5. The average molecular weight is 908 g/mol. The summed E-state index contributed by atoms with van der Waals surface area (Å²) in [5.41, 5.74) is 23.9. The van der Waals surface area contributed by atoms with Crippen molar-refractivity contribution in [3.8, 4) is 0 Å². The molecule has 6 atom stereocenters. The molecule has 0 fully saturated rings. The second-order valence-electron chi connectivity index (χ2n) is 14.9. The number of aliphatic imine (C=N–C) groups is 1. The van der Waals surface area contributed by atoms with Crippen molar-refractivity contribution in [2.24, 2.45) is 27.9 Å². The van der Waals surface area contributed by atoms with Crippen molar-refractivity contribution in [2.45, 2.75) is 81.7 Å². The van der Waals surface area contributed by atoms with Crippen LogP contribution in [0.1, 0.15) is 43.7 Å². The predicted octanol–water partition coefficient (Wildman–Crippen LogP) is -4.65. The number of benzene rings is 2. The topological polar surface area (TPSA) is 411 Å². The largest absolute Gasteiger partial charge is 0.480 e. The highest BCUT2D eigenvalue weighted by Crippen LogP contribution is 2.19. The Bertz CT molecular complexity index is 2180. The number of carboxylic acids is 1. The van der Waals surface area contributed by atoms with E-state index in [1.54, 1.807) is 60.8 Å². The lowest BCUT2D eigenvalue weighted by Crippen LogP contribution is -2.58. The van der Waals surface area contributed by atoms with Crippen LogP contribution in [-0.2, 0) is 56.0 Å². The maximum atomic E-state index is 13.6. The number of aliphatic hydroxyl groups is 1. The van der Waals surface area contributed by atoms with Crippen molar-refractivity contribution >= 4 is 70.1 Å². The van der Waals surface area contributed by atoms with Crippen molar-refractivity contribution < 1.29 is 53.4 Å². The minimum atomic E-state index is -1.50. The Morgan fingerprint density at radius 2 is 1.28 bits per heavy atom. The monoisotopic (exact) mass is 907 g/mol. The standard InChI is InChI=1S/C41H57N13O11/c1-22(35(59)52-28(13-14-32(43)56)37(61)48-20-34(58)51-29(40(64)65)12-7-15-46-41(44)45)50-33(57)19-49-38(62)30(17-24-18-47-27-11-6-5-10-25(24)27)53-39(63)31(21-55)54-36(60)26(42)16-23-8-3-2-4-9-23/h2-6,8-11,18,22,26,28-31,47,55H,7,12-17,19-21,42H2,1H3,(H2,43,56)(H,48,61)(H,49,62)(H,50,57)(H,51,58)(H,52,59)(H,53,63)(H,54,60)(H,64,65)(H4,44,45,46)/t22-,26-,28+,29-,30-,31-/m0/s1. The number of amides is 8. The van der Waals surface area contributed by atoms with Crippen LogP contribution in [0.25, 0.3) is 10.9 Å². The van der Waals surface area contributed by atoms with Crippen LogP contribution in [0.3, 0.4) is 0 Å². The smallest absolute Gasteiger partial charge is 0.326 e. The molecular formula is C41H57N13O11. The molecule has 1 aromatic heterocycles. The van der Waals surface area contributed by atoms with Crippen molar-refractivity contribution in [2.75, 3.05) is 26.2 Å². The van der Waals surface area contributed by atoms with Crippen molar-refractivity contribution in [3.63, 3.8) is 0 Å². The maximum Gasteiger partial charge on any atom is 0.326 e. The Labute approximate surface area is 372 Å². The Kier molecular flexibility index (Phi) is 20.8. The van der Waals surface area contributed by atoms with Gasteiger partial charge in [-0.1, -0.05) is 48.5 Å². The van der Waals surface area contributed by atoms with E-state index in [2.05, 4.69) is 47.2 Å². The number of rotatable bonds is 27. The molecule has 18 N–H and O–H groups in total. The van der Waals surface area contributed by atoms with Crippen LogP contribution in [0, 0.1) is 0 Å². The number of primary amides is 1. The minimum absolute atomic E-state index is 0.0311. The van der Waals surface area contributed by atoms with Gasteiger partial charge in [0.15, 0.2) is 5.96 Å². The lowest BCUT2D eigenvalue weighted by atomic mass is 10.0. The molecule has 0 bridgehead atoms. The van der Waals surface area contributed by atoms with E-state index in [4.69, 9.17) is 22.9 Å². The molecule has 0 aliphatic carbocycles. The normalized spacial score (nSPS) is 13.6. The first-order valence-corrected chi connectivity index (χ1v) is 20.5. The number of hydrogen-bond donors (Lipinski definition) is 14. The van der Waals surface area contributed by atoms with E-state index in [1.807, 2.05) is 0 Å². The van der Waals surface area contributed by atoms with E-state index in [9.17, 15) is 53.4 Å². The van der Waals surface area contributed by atoms with Gasteiger partial charge in [-0.25, -0.2) is 4.79 Å². The number of aliphatic carboxylic acids is 1. The third-order valence-corrected chi connectivity index (χ3v) is 9.69. The molecule has 8 amide bonds. The fraction of sp³-hybridized carbons (Fsp3) is 0.415. The zero-order chi connectivity index (χ0) is 48.1. The van der Waals surface area contributed by atoms with Gasteiger partial charge < -0.3 is 75.3 Å². The molecule has 0 spiro atoms. The summed E-state index contributed by atoms with van der Waals surface area (Å²) >= 11 is 0. The minimum Gasteiger partial charge on any atom is -0.480 e. The molecule has 24 heteroatoms. The van der Waals surface area contributed by atoms with Gasteiger partial charge in [0, 0.05) is 36.5 Å². The van der Waals surface area contributed by atoms with E-state index in [1.165, 1.54) is 6.92 Å². The van der Waals surface area contributed by atoms with Gasteiger partial charge >= 0.3 is 5.97 Å². The van der Waals surface area contributed by atoms with E-state index in [0.29, 0.717) is 5.56 Å². The van der Waals surface area contributed by atoms with Crippen LogP contribution in [0.5, 0.6) is 0 Å². The highest BCUT2D eigenvalue weighted by Gasteiger charge is 2.30. The van der Waals surface area contributed by atoms with Gasteiger partial charge in [0.1, 0.15) is 30.2 Å². The summed E-state index contributed by atoms with van der Waals surface area (Å²) in [6.07, 6.45) is 1.20. The van der Waals surface area contributed by atoms with Gasteiger partial charge in [-0.15, -0.1) is 0 Å². The number of aromatic amines is 1. The molecule has 0 radical (unpaired) electrons. The highest BCUT2D eigenvalue weighted by atomic mass is 16.4. The van der Waals surface area contributed by atoms with Crippen LogP contribution in [0.15, 0.2) is 65.8 Å². The number of guanidine groups is 1. The third-order valence-electron chi connectivity index (χ3n) is 9.69. The summed E-state index contributed by atoms with van der Waals surface area (Å²) in [6, 6.07) is 8.06. The van der Waals surface area contributed by atoms with E-state index in [0.717, 1.165) is 16.5 Å². The summed E-state index contributed by atoms with van der Waals surface area (Å²) in [7, 11) is 0. The Hall–Kier alpha value is -7.60.